The van der Waals surface area contributed by atoms with Crippen LogP contribution in [0, 0.1) is 11.6 Å². The minimum absolute atomic E-state index is 0.0620. The van der Waals surface area contributed by atoms with Crippen molar-refractivity contribution in [1.82, 2.24) is 0 Å². The Morgan fingerprint density at radius 3 is 2.13 bits per heavy atom. The zero-order valence-corrected chi connectivity index (χ0v) is 17.7. The Kier molecular flexibility index (Phi) is 7.69. The van der Waals surface area contributed by atoms with Gasteiger partial charge in [-0.1, -0.05) is 69.0 Å². The Labute approximate surface area is 180 Å². The Morgan fingerprint density at radius 2 is 1.42 bits per heavy atom. The Hall–Kier alpha value is -2.43. The molecule has 0 atom stereocenters. The molecule has 0 saturated heterocycles. The molecule has 31 heavy (non-hydrogen) atoms. The standard InChI is InChI=1S/C26H27F5/c1-2-3-4-5-6-7-18-8-11-20(24(27)17-18)12-9-19-10-14-22-21(16-19)13-15-23(25(22)28)26(29,30)31/h8,10-11,13-17H,2-7,9,12H2,1H3. The van der Waals surface area contributed by atoms with Gasteiger partial charge in [0.05, 0.1) is 5.56 Å². The molecule has 166 valence electrons. The van der Waals surface area contributed by atoms with Gasteiger partial charge in [0, 0.05) is 5.39 Å². The average Bonchev–Trinajstić information content (AvgIpc) is 2.72. The lowest BCUT2D eigenvalue weighted by Gasteiger charge is -2.11. The topological polar surface area (TPSA) is 0 Å². The van der Waals surface area contributed by atoms with Gasteiger partial charge in [-0.2, -0.15) is 13.2 Å². The second-order valence-electron chi connectivity index (χ2n) is 8.07. The van der Waals surface area contributed by atoms with Crippen LogP contribution in [0.5, 0.6) is 0 Å². The van der Waals surface area contributed by atoms with Crippen molar-refractivity contribution < 1.29 is 22.0 Å². The Morgan fingerprint density at radius 1 is 0.710 bits per heavy atom. The zero-order chi connectivity index (χ0) is 22.4. The lowest BCUT2D eigenvalue weighted by molar-refractivity contribution is -0.139. The molecule has 3 aromatic carbocycles. The van der Waals surface area contributed by atoms with Crippen LogP contribution >= 0.6 is 0 Å². The van der Waals surface area contributed by atoms with Crippen LogP contribution in [0.15, 0.2) is 48.5 Å². The van der Waals surface area contributed by atoms with Gasteiger partial charge in [-0.15, -0.1) is 0 Å². The van der Waals surface area contributed by atoms with Crippen molar-refractivity contribution in [2.45, 2.75) is 64.5 Å². The number of alkyl halides is 3. The van der Waals surface area contributed by atoms with E-state index in [2.05, 4.69) is 6.92 Å². The van der Waals surface area contributed by atoms with Crippen LogP contribution in [0.3, 0.4) is 0 Å². The maximum Gasteiger partial charge on any atom is 0.419 e. The summed E-state index contributed by atoms with van der Waals surface area (Å²) < 4.78 is 67.3. The molecule has 0 aliphatic rings. The van der Waals surface area contributed by atoms with E-state index < -0.39 is 17.6 Å². The fraction of sp³-hybridized carbons (Fsp3) is 0.385. The molecule has 0 N–H and O–H groups in total. The van der Waals surface area contributed by atoms with Crippen LogP contribution in [0.4, 0.5) is 22.0 Å². The van der Waals surface area contributed by atoms with Gasteiger partial charge in [0.1, 0.15) is 11.6 Å². The van der Waals surface area contributed by atoms with Crippen LogP contribution in [0.2, 0.25) is 0 Å². The first-order valence-corrected chi connectivity index (χ1v) is 10.8. The number of hydrogen-bond acceptors (Lipinski definition) is 0. The van der Waals surface area contributed by atoms with Crippen molar-refractivity contribution in [2.75, 3.05) is 0 Å². The van der Waals surface area contributed by atoms with Gasteiger partial charge in [-0.3, -0.25) is 0 Å². The van der Waals surface area contributed by atoms with Crippen molar-refractivity contribution >= 4 is 10.8 Å². The van der Waals surface area contributed by atoms with E-state index in [0.717, 1.165) is 36.5 Å². The first-order valence-electron chi connectivity index (χ1n) is 10.8. The summed E-state index contributed by atoms with van der Waals surface area (Å²) in [5, 5.41) is 0.343. The van der Waals surface area contributed by atoms with Gasteiger partial charge >= 0.3 is 6.18 Å². The van der Waals surface area contributed by atoms with Crippen LogP contribution < -0.4 is 0 Å². The summed E-state index contributed by atoms with van der Waals surface area (Å²) >= 11 is 0. The molecule has 0 radical (unpaired) electrons. The third-order valence-corrected chi connectivity index (χ3v) is 5.69. The maximum atomic E-state index is 14.5. The minimum Gasteiger partial charge on any atom is -0.207 e. The molecular weight excluding hydrogens is 407 g/mol. The van der Waals surface area contributed by atoms with E-state index in [1.807, 2.05) is 12.1 Å². The summed E-state index contributed by atoms with van der Waals surface area (Å²) in [5.41, 5.74) is 1.17. The van der Waals surface area contributed by atoms with Gasteiger partial charge in [0.25, 0.3) is 0 Å². The summed E-state index contributed by atoms with van der Waals surface area (Å²) in [4.78, 5) is 0. The molecule has 0 saturated carbocycles. The molecule has 0 heterocycles. The lowest BCUT2D eigenvalue weighted by Crippen LogP contribution is -2.08. The van der Waals surface area contributed by atoms with Crippen LogP contribution in [0.25, 0.3) is 10.8 Å². The van der Waals surface area contributed by atoms with E-state index >= 15 is 0 Å². The second kappa shape index (κ2) is 10.3. The molecule has 3 rings (SSSR count). The quantitative estimate of drug-likeness (QED) is 0.234. The highest BCUT2D eigenvalue weighted by Crippen LogP contribution is 2.34. The molecule has 0 aromatic heterocycles. The summed E-state index contributed by atoms with van der Waals surface area (Å²) in [5.74, 6) is -1.49. The number of benzene rings is 3. The van der Waals surface area contributed by atoms with Gasteiger partial charge in [-0.25, -0.2) is 8.78 Å². The molecule has 3 aromatic rings. The Bertz CT molecular complexity index is 1020. The molecule has 0 unspecified atom stereocenters. The van der Waals surface area contributed by atoms with E-state index in [-0.39, 0.29) is 11.2 Å². The van der Waals surface area contributed by atoms with Crippen LogP contribution in [-0.4, -0.2) is 0 Å². The predicted octanol–water partition coefficient (Wildman–Crippen LogP) is 8.43. The van der Waals surface area contributed by atoms with Gasteiger partial charge in [0.2, 0.25) is 0 Å². The van der Waals surface area contributed by atoms with E-state index in [0.29, 0.717) is 23.8 Å². The highest BCUT2D eigenvalue weighted by molar-refractivity contribution is 5.84. The van der Waals surface area contributed by atoms with E-state index in [9.17, 15) is 22.0 Å². The number of hydrogen-bond donors (Lipinski definition) is 0. The number of halogens is 5. The molecule has 0 bridgehead atoms. The SMILES string of the molecule is CCCCCCCc1ccc(CCc2ccc3c(F)c(C(F)(F)F)ccc3c2)c(F)c1. The fourth-order valence-electron chi connectivity index (χ4n) is 3.88. The van der Waals surface area contributed by atoms with Crippen molar-refractivity contribution in [1.29, 1.82) is 0 Å². The largest absolute Gasteiger partial charge is 0.419 e. The fourth-order valence-corrected chi connectivity index (χ4v) is 3.88. The Balaban J connectivity index is 1.64. The van der Waals surface area contributed by atoms with Crippen molar-refractivity contribution in [3.05, 3.63) is 82.4 Å². The molecule has 0 spiro atoms. The molecule has 0 nitrogen and oxygen atoms in total. The first-order chi connectivity index (χ1) is 14.8. The number of aryl methyl sites for hydroxylation is 3. The first kappa shape index (κ1) is 23.2. The molecule has 0 aliphatic heterocycles. The summed E-state index contributed by atoms with van der Waals surface area (Å²) in [6.45, 7) is 2.17. The van der Waals surface area contributed by atoms with Gasteiger partial charge in [0.15, 0.2) is 0 Å². The molecule has 0 aliphatic carbocycles. The van der Waals surface area contributed by atoms with Gasteiger partial charge < -0.3 is 0 Å². The minimum atomic E-state index is -4.73. The third kappa shape index (κ3) is 6.05. The maximum absolute atomic E-state index is 14.5. The normalized spacial score (nSPS) is 11.9. The van der Waals surface area contributed by atoms with E-state index in [1.54, 1.807) is 18.2 Å². The highest BCUT2D eigenvalue weighted by Gasteiger charge is 2.34. The summed E-state index contributed by atoms with van der Waals surface area (Å²) in [6.07, 6.45) is 3.00. The molecule has 5 heteroatoms. The number of unbranched alkanes of at least 4 members (excludes halogenated alkanes) is 4. The van der Waals surface area contributed by atoms with Crippen molar-refractivity contribution in [3.8, 4) is 0 Å². The summed E-state index contributed by atoms with van der Waals surface area (Å²) in [7, 11) is 0. The average molecular weight is 434 g/mol. The van der Waals surface area contributed by atoms with E-state index in [4.69, 9.17) is 0 Å². The van der Waals surface area contributed by atoms with Crippen LogP contribution in [0.1, 0.15) is 61.3 Å². The predicted molar refractivity (Wildman–Crippen MR) is 115 cm³/mol. The second-order valence-corrected chi connectivity index (χ2v) is 8.07. The molecule has 0 fully saturated rings. The van der Waals surface area contributed by atoms with Crippen molar-refractivity contribution in [2.24, 2.45) is 0 Å². The lowest BCUT2D eigenvalue weighted by atomic mass is 9.98. The highest BCUT2D eigenvalue weighted by atomic mass is 19.4. The molecular formula is C26H27F5. The van der Waals surface area contributed by atoms with Crippen molar-refractivity contribution in [3.63, 3.8) is 0 Å². The summed E-state index contributed by atoms with van der Waals surface area (Å²) in [6, 6.07) is 12.1. The smallest absolute Gasteiger partial charge is 0.207 e. The monoisotopic (exact) mass is 434 g/mol. The number of fused-ring (bicyclic) bond motifs is 1. The molecule has 0 amide bonds. The number of rotatable bonds is 9. The van der Waals surface area contributed by atoms with E-state index in [1.165, 1.54) is 31.4 Å². The third-order valence-electron chi connectivity index (χ3n) is 5.69. The zero-order valence-electron chi connectivity index (χ0n) is 17.7. The van der Waals surface area contributed by atoms with Gasteiger partial charge in [-0.05, 0) is 59.9 Å². The van der Waals surface area contributed by atoms with Crippen LogP contribution in [-0.2, 0) is 25.4 Å².